The number of anilines is 1. The van der Waals surface area contributed by atoms with E-state index in [0.717, 1.165) is 12.8 Å². The summed E-state index contributed by atoms with van der Waals surface area (Å²) in [5, 5.41) is 7.99. The molecular weight excluding hydrogens is 421 g/mol. The summed E-state index contributed by atoms with van der Waals surface area (Å²) in [6.07, 6.45) is 2.22. The Hall–Kier alpha value is -2.09. The number of amides is 3. The van der Waals surface area contributed by atoms with Gasteiger partial charge in [-0.1, -0.05) is 29.3 Å². The van der Waals surface area contributed by atoms with Gasteiger partial charge >= 0.3 is 0 Å². The van der Waals surface area contributed by atoms with Crippen LogP contribution in [0.3, 0.4) is 0 Å². The molecule has 28 heavy (non-hydrogen) atoms. The number of nitrogens with zero attached hydrogens (tertiary/aromatic N) is 1. The molecule has 148 valence electrons. The smallest absolute Gasteiger partial charge is 0.261 e. The lowest BCUT2D eigenvalue weighted by Gasteiger charge is -2.34. The molecule has 1 aliphatic heterocycles. The van der Waals surface area contributed by atoms with Gasteiger partial charge in [0.15, 0.2) is 0 Å². The van der Waals surface area contributed by atoms with Crippen molar-refractivity contribution in [3.8, 4) is 0 Å². The largest absolute Gasteiger partial charge is 0.342 e. The number of likely N-dealkylation sites (tertiary alicyclic amines) is 1. The van der Waals surface area contributed by atoms with Gasteiger partial charge in [0.25, 0.3) is 5.91 Å². The number of halogens is 2. The molecular formula is C19H19Cl2N3O3S. The normalized spacial score (nSPS) is 16.5. The third kappa shape index (κ3) is 5.04. The topological polar surface area (TPSA) is 78.5 Å². The molecule has 9 heteroatoms. The summed E-state index contributed by atoms with van der Waals surface area (Å²) in [5.41, 5.74) is 0.444. The van der Waals surface area contributed by atoms with Crippen molar-refractivity contribution >= 4 is 57.9 Å². The Morgan fingerprint density at radius 2 is 2.00 bits per heavy atom. The van der Waals surface area contributed by atoms with Crippen molar-refractivity contribution in [3.05, 3.63) is 50.6 Å². The summed E-state index contributed by atoms with van der Waals surface area (Å²) in [5.74, 6) is -0.886. The van der Waals surface area contributed by atoms with Gasteiger partial charge in [-0.25, -0.2) is 0 Å². The van der Waals surface area contributed by atoms with Crippen LogP contribution in [-0.2, 0) is 9.59 Å². The van der Waals surface area contributed by atoms with Crippen LogP contribution in [0.5, 0.6) is 0 Å². The molecule has 1 saturated heterocycles. The fraction of sp³-hybridized carbons (Fsp3) is 0.316. The fourth-order valence-electron chi connectivity index (χ4n) is 3.06. The van der Waals surface area contributed by atoms with Gasteiger partial charge in [-0.05, 0) is 48.9 Å². The zero-order valence-electron chi connectivity index (χ0n) is 14.9. The average molecular weight is 440 g/mol. The molecule has 6 nitrogen and oxygen atoms in total. The number of hydrogen-bond acceptors (Lipinski definition) is 4. The highest BCUT2D eigenvalue weighted by molar-refractivity contribution is 7.12. The molecule has 1 fully saturated rings. The van der Waals surface area contributed by atoms with E-state index in [-0.39, 0.29) is 24.3 Å². The molecule has 0 spiro atoms. The third-order valence-electron chi connectivity index (χ3n) is 4.46. The highest BCUT2D eigenvalue weighted by Crippen LogP contribution is 2.26. The molecule has 3 amide bonds. The van der Waals surface area contributed by atoms with Crippen molar-refractivity contribution in [1.29, 1.82) is 0 Å². The first-order valence-corrected chi connectivity index (χ1v) is 10.5. The molecule has 0 saturated carbocycles. The SMILES string of the molecule is O=C(NCC(=O)N1CCCCC1C(=O)Nc1ccc(Cl)cc1Cl)c1cccs1. The van der Waals surface area contributed by atoms with E-state index < -0.39 is 6.04 Å². The van der Waals surface area contributed by atoms with Crippen LogP contribution in [-0.4, -0.2) is 41.8 Å². The highest BCUT2D eigenvalue weighted by Gasteiger charge is 2.32. The van der Waals surface area contributed by atoms with Crippen molar-refractivity contribution in [3.63, 3.8) is 0 Å². The Balaban J connectivity index is 1.63. The van der Waals surface area contributed by atoms with Crippen molar-refractivity contribution in [2.75, 3.05) is 18.4 Å². The molecule has 0 aliphatic carbocycles. The Morgan fingerprint density at radius 3 is 2.71 bits per heavy atom. The van der Waals surface area contributed by atoms with Crippen LogP contribution in [0.15, 0.2) is 35.7 Å². The molecule has 1 aromatic carbocycles. The van der Waals surface area contributed by atoms with Crippen LogP contribution in [0.2, 0.25) is 10.0 Å². The monoisotopic (exact) mass is 439 g/mol. The zero-order chi connectivity index (χ0) is 20.1. The molecule has 2 heterocycles. The number of nitrogens with one attached hydrogen (secondary N) is 2. The number of carbonyl (C=O) groups is 3. The van der Waals surface area contributed by atoms with E-state index in [4.69, 9.17) is 23.2 Å². The van der Waals surface area contributed by atoms with E-state index in [2.05, 4.69) is 10.6 Å². The van der Waals surface area contributed by atoms with Crippen LogP contribution < -0.4 is 10.6 Å². The third-order valence-corrected chi connectivity index (χ3v) is 5.88. The minimum Gasteiger partial charge on any atom is -0.342 e. The van der Waals surface area contributed by atoms with E-state index in [0.29, 0.717) is 33.6 Å². The van der Waals surface area contributed by atoms with Crippen molar-refractivity contribution in [2.45, 2.75) is 25.3 Å². The Kier molecular flexibility index (Phi) is 6.93. The van der Waals surface area contributed by atoms with Crippen LogP contribution in [0.4, 0.5) is 5.69 Å². The standard InChI is InChI=1S/C19H19Cl2N3O3S/c20-12-6-7-14(13(21)10-12)23-18(26)15-4-1-2-8-24(15)17(25)11-22-19(27)16-5-3-9-28-16/h3,5-7,9-10,15H,1-2,4,8,11H2,(H,22,27)(H,23,26). The number of carbonyl (C=O) groups excluding carboxylic acids is 3. The lowest BCUT2D eigenvalue weighted by atomic mass is 10.0. The number of rotatable bonds is 5. The minimum absolute atomic E-state index is 0.151. The second-order valence-electron chi connectivity index (χ2n) is 6.37. The molecule has 0 bridgehead atoms. The van der Waals surface area contributed by atoms with Gasteiger partial charge in [0.05, 0.1) is 22.1 Å². The van der Waals surface area contributed by atoms with Gasteiger partial charge in [-0.3, -0.25) is 14.4 Å². The van der Waals surface area contributed by atoms with Gasteiger partial charge in [-0.15, -0.1) is 11.3 Å². The van der Waals surface area contributed by atoms with Gasteiger partial charge in [0.1, 0.15) is 6.04 Å². The number of hydrogen-bond donors (Lipinski definition) is 2. The van der Waals surface area contributed by atoms with E-state index in [1.165, 1.54) is 16.2 Å². The Labute approximate surface area is 176 Å². The molecule has 2 N–H and O–H groups in total. The van der Waals surface area contributed by atoms with Crippen LogP contribution in [0.25, 0.3) is 0 Å². The van der Waals surface area contributed by atoms with Crippen LogP contribution in [0, 0.1) is 0 Å². The lowest BCUT2D eigenvalue weighted by molar-refractivity contribution is -0.139. The second kappa shape index (κ2) is 9.41. The maximum atomic E-state index is 12.8. The predicted octanol–water partition coefficient (Wildman–Crippen LogP) is 3.80. The molecule has 1 aliphatic rings. The molecule has 2 aromatic rings. The van der Waals surface area contributed by atoms with E-state index in [9.17, 15) is 14.4 Å². The lowest BCUT2D eigenvalue weighted by Crippen LogP contribution is -2.52. The second-order valence-corrected chi connectivity index (χ2v) is 8.16. The van der Waals surface area contributed by atoms with Crippen molar-refractivity contribution in [1.82, 2.24) is 10.2 Å². The predicted molar refractivity (Wildman–Crippen MR) is 111 cm³/mol. The van der Waals surface area contributed by atoms with Gasteiger partial charge < -0.3 is 15.5 Å². The average Bonchev–Trinajstić information content (AvgIpc) is 3.23. The summed E-state index contributed by atoms with van der Waals surface area (Å²) < 4.78 is 0. The molecule has 1 aromatic heterocycles. The van der Waals surface area contributed by atoms with E-state index in [1.54, 1.807) is 35.7 Å². The molecule has 1 atom stereocenters. The number of piperidine rings is 1. The zero-order valence-corrected chi connectivity index (χ0v) is 17.2. The summed E-state index contributed by atoms with van der Waals surface area (Å²) in [6.45, 7) is 0.322. The summed E-state index contributed by atoms with van der Waals surface area (Å²) in [4.78, 5) is 39.5. The molecule has 1 unspecified atom stereocenters. The number of thiophene rings is 1. The van der Waals surface area contributed by atoms with Gasteiger partial charge in [0, 0.05) is 11.6 Å². The summed E-state index contributed by atoms with van der Waals surface area (Å²) in [6, 6.07) is 7.66. The number of benzene rings is 1. The summed E-state index contributed by atoms with van der Waals surface area (Å²) >= 11 is 13.3. The molecule has 3 rings (SSSR count). The van der Waals surface area contributed by atoms with Crippen LogP contribution >= 0.6 is 34.5 Å². The first-order valence-electron chi connectivity index (χ1n) is 8.83. The fourth-order valence-corrected chi connectivity index (χ4v) is 4.16. The Morgan fingerprint density at radius 1 is 1.18 bits per heavy atom. The van der Waals surface area contributed by atoms with Gasteiger partial charge in [-0.2, -0.15) is 0 Å². The van der Waals surface area contributed by atoms with Crippen molar-refractivity contribution < 1.29 is 14.4 Å². The van der Waals surface area contributed by atoms with Crippen LogP contribution in [0.1, 0.15) is 28.9 Å². The quantitative estimate of drug-likeness (QED) is 0.743. The summed E-state index contributed by atoms with van der Waals surface area (Å²) in [7, 11) is 0. The Bertz CT molecular complexity index is 873. The minimum atomic E-state index is -0.605. The van der Waals surface area contributed by atoms with E-state index in [1.807, 2.05) is 0 Å². The first-order chi connectivity index (χ1) is 13.5. The maximum absolute atomic E-state index is 12.8. The van der Waals surface area contributed by atoms with Gasteiger partial charge in [0.2, 0.25) is 11.8 Å². The van der Waals surface area contributed by atoms with Crippen molar-refractivity contribution in [2.24, 2.45) is 0 Å². The van der Waals surface area contributed by atoms with E-state index >= 15 is 0 Å². The highest BCUT2D eigenvalue weighted by atomic mass is 35.5. The molecule has 0 radical (unpaired) electrons. The maximum Gasteiger partial charge on any atom is 0.261 e. The first kappa shape index (κ1) is 20.6.